The van der Waals surface area contributed by atoms with Gasteiger partial charge < -0.3 is 28.5 Å². The van der Waals surface area contributed by atoms with Crippen LogP contribution in [0.15, 0.2) is 194 Å². The first-order valence-electron chi connectivity index (χ1n) is 36.6. The summed E-state index contributed by atoms with van der Waals surface area (Å²) in [6.45, 7) is 4.59. The number of likely N-dealkylation sites (N-methyl/N-ethyl adjacent to an activating group) is 1. The van der Waals surface area contributed by atoms with Gasteiger partial charge in [0.2, 0.25) is 0 Å². The monoisotopic (exact) mass is 1290 g/mol. The van der Waals surface area contributed by atoms with Crippen molar-refractivity contribution < 1.29 is 42.9 Å². The number of carbonyl (C=O) groups excluding carboxylic acids is 2. The summed E-state index contributed by atoms with van der Waals surface area (Å²) in [5.41, 5.74) is 0. The minimum atomic E-state index is -1.53. The summed E-state index contributed by atoms with van der Waals surface area (Å²) in [5.74, 6) is -2.07. The molecule has 0 bridgehead atoms. The quantitative estimate of drug-likeness (QED) is 0.0211. The molecule has 0 saturated heterocycles. The van der Waals surface area contributed by atoms with Gasteiger partial charge in [0.15, 0.2) is 6.10 Å². The van der Waals surface area contributed by atoms with Gasteiger partial charge in [0.05, 0.1) is 34.4 Å². The number of aliphatic carboxylic acids is 1. The van der Waals surface area contributed by atoms with Gasteiger partial charge in [0, 0.05) is 12.8 Å². The summed E-state index contributed by atoms with van der Waals surface area (Å²) in [6.07, 6.45) is 108. The van der Waals surface area contributed by atoms with E-state index >= 15 is 0 Å². The molecule has 0 saturated carbocycles. The number of esters is 2. The first-order valence-corrected chi connectivity index (χ1v) is 36.6. The van der Waals surface area contributed by atoms with Crippen LogP contribution in [0.3, 0.4) is 0 Å². The lowest BCUT2D eigenvalue weighted by molar-refractivity contribution is -0.870. The molecule has 522 valence electrons. The molecule has 0 fully saturated rings. The fourth-order valence-electron chi connectivity index (χ4n) is 9.34. The van der Waals surface area contributed by atoms with E-state index in [1.54, 1.807) is 0 Å². The molecular weight excluding hydrogens is 1150 g/mol. The van der Waals surface area contributed by atoms with Crippen LogP contribution >= 0.6 is 0 Å². The fraction of sp³-hybridized carbons (Fsp3) is 0.583. The summed E-state index contributed by atoms with van der Waals surface area (Å²) in [7, 11) is 5.95. The molecule has 93 heavy (non-hydrogen) atoms. The van der Waals surface area contributed by atoms with Gasteiger partial charge in [0.1, 0.15) is 13.2 Å². The highest BCUT2D eigenvalue weighted by atomic mass is 16.7. The van der Waals surface area contributed by atoms with Crippen molar-refractivity contribution in [2.75, 3.05) is 47.5 Å². The average molecular weight is 1290 g/mol. The molecule has 0 heterocycles. The molecular formula is C84H134NO8+. The number of carboxylic acid groups (broad SMARTS) is 1. The molecule has 0 radical (unpaired) electrons. The molecule has 0 aromatic heterocycles. The van der Waals surface area contributed by atoms with Gasteiger partial charge in [-0.3, -0.25) is 9.59 Å². The SMILES string of the molecule is CC/C=C\C/C=C\C/C=C\C/C=C\C/C=C\C/C=C\C/C=C\C/C=C\C/C=C\CCCCCC(=O)OC(COC(=O)CCCCCCCCCCCCCCCCC/C=C\C/C=C\C/C=C\C/C=C\C/C=C\C/C=C\C/C=C\CC)COC(OCC[N+](C)(C)C)C(=O)O. The van der Waals surface area contributed by atoms with E-state index in [0.717, 1.165) is 141 Å². The van der Waals surface area contributed by atoms with Crippen molar-refractivity contribution in [3.8, 4) is 0 Å². The van der Waals surface area contributed by atoms with Crippen molar-refractivity contribution in [1.29, 1.82) is 0 Å². The van der Waals surface area contributed by atoms with E-state index in [1.807, 2.05) is 21.1 Å². The second kappa shape index (κ2) is 72.0. The Bertz CT molecular complexity index is 2230. The number of allylic oxidation sites excluding steroid dienone is 32. The smallest absolute Gasteiger partial charge is 0.361 e. The van der Waals surface area contributed by atoms with E-state index in [4.69, 9.17) is 18.9 Å². The fourth-order valence-corrected chi connectivity index (χ4v) is 9.34. The van der Waals surface area contributed by atoms with E-state index in [-0.39, 0.29) is 38.6 Å². The maximum Gasteiger partial charge on any atom is 0.361 e. The number of carboxylic acids is 1. The molecule has 0 rings (SSSR count). The Labute approximate surface area is 570 Å². The molecule has 0 spiro atoms. The standard InChI is InChI=1S/C84H133NO8/c1-6-8-10-12-14-16-18-20-22-24-26-28-30-32-34-36-38-39-40-41-42-43-45-46-48-50-52-54-56-58-60-62-64-66-68-70-72-74-81(86)91-78-80(79-92-84(83(88)89)90-77-76-85(3,4)5)93-82(87)75-73-71-69-67-65-63-61-59-57-55-53-51-49-47-44-37-35-33-31-29-27-25-23-21-19-17-15-13-11-9-7-2/h8-11,14-17,20-23,26-29,32-35,38-39,41-42,44,47,51,53,57,59,63,65,80,84H,6-7,12-13,18-19,24-25,30-31,36-37,40,43,45-46,48-50,52,54-56,58,60-62,64,66-79H2,1-5H3/p+1/b10-8-,11-9-,16-14-,17-15-,22-20-,23-21-,28-26-,29-27-,34-32-,35-33-,39-38-,42-41-,47-44-,53-51-,59-57-,65-63-. The summed E-state index contributed by atoms with van der Waals surface area (Å²) in [6, 6.07) is 0. The molecule has 1 N–H and O–H groups in total. The van der Waals surface area contributed by atoms with E-state index in [0.29, 0.717) is 17.4 Å². The normalized spacial score (nSPS) is 13.9. The minimum Gasteiger partial charge on any atom is -0.477 e. The molecule has 2 unspecified atom stereocenters. The lowest BCUT2D eigenvalue weighted by Gasteiger charge is -2.25. The lowest BCUT2D eigenvalue weighted by atomic mass is 10.0. The predicted molar refractivity (Wildman–Crippen MR) is 400 cm³/mol. The summed E-state index contributed by atoms with van der Waals surface area (Å²) < 4.78 is 22.9. The zero-order valence-corrected chi connectivity index (χ0v) is 59.6. The minimum absolute atomic E-state index is 0.171. The number of hydrogen-bond donors (Lipinski definition) is 1. The van der Waals surface area contributed by atoms with Crippen LogP contribution in [0, 0.1) is 0 Å². The molecule has 0 aliphatic carbocycles. The Morgan fingerprint density at radius 3 is 0.871 bits per heavy atom. The van der Waals surface area contributed by atoms with Gasteiger partial charge in [-0.2, -0.15) is 0 Å². The second-order valence-corrected chi connectivity index (χ2v) is 24.8. The Morgan fingerprint density at radius 2 is 0.581 bits per heavy atom. The van der Waals surface area contributed by atoms with Gasteiger partial charge in [-0.25, -0.2) is 4.79 Å². The highest BCUT2D eigenvalue weighted by molar-refractivity contribution is 5.71. The van der Waals surface area contributed by atoms with Crippen molar-refractivity contribution in [3.63, 3.8) is 0 Å². The zero-order valence-electron chi connectivity index (χ0n) is 59.6. The van der Waals surface area contributed by atoms with E-state index < -0.39 is 24.3 Å². The van der Waals surface area contributed by atoms with Crippen LogP contribution in [-0.4, -0.2) is 87.4 Å². The van der Waals surface area contributed by atoms with Crippen molar-refractivity contribution in [2.45, 2.75) is 270 Å². The van der Waals surface area contributed by atoms with Gasteiger partial charge in [0.25, 0.3) is 6.29 Å². The van der Waals surface area contributed by atoms with Gasteiger partial charge in [-0.1, -0.05) is 298 Å². The highest BCUT2D eigenvalue weighted by Gasteiger charge is 2.25. The van der Waals surface area contributed by atoms with Crippen LogP contribution in [0.25, 0.3) is 0 Å². The number of hydrogen-bond acceptors (Lipinski definition) is 7. The van der Waals surface area contributed by atoms with E-state index in [2.05, 4.69) is 208 Å². The van der Waals surface area contributed by atoms with Gasteiger partial charge in [-0.15, -0.1) is 0 Å². The maximum absolute atomic E-state index is 12.9. The Kier molecular flexibility index (Phi) is 67.4. The third kappa shape index (κ3) is 73.4. The average Bonchev–Trinajstić information content (AvgIpc) is 3.38. The van der Waals surface area contributed by atoms with Crippen molar-refractivity contribution in [3.05, 3.63) is 194 Å². The van der Waals surface area contributed by atoms with Crippen LogP contribution in [0.1, 0.15) is 258 Å². The number of carbonyl (C=O) groups is 3. The molecule has 0 aliphatic rings. The topological polar surface area (TPSA) is 108 Å². The Balaban J connectivity index is 4.20. The van der Waals surface area contributed by atoms with Crippen LogP contribution in [0.2, 0.25) is 0 Å². The number of ether oxygens (including phenoxy) is 4. The van der Waals surface area contributed by atoms with E-state index in [1.165, 1.54) is 83.5 Å². The van der Waals surface area contributed by atoms with Gasteiger partial charge >= 0.3 is 17.9 Å². The second-order valence-electron chi connectivity index (χ2n) is 24.8. The summed E-state index contributed by atoms with van der Waals surface area (Å²) in [5, 5.41) is 9.76. The highest BCUT2D eigenvalue weighted by Crippen LogP contribution is 2.16. The molecule has 0 amide bonds. The van der Waals surface area contributed by atoms with Crippen molar-refractivity contribution in [1.82, 2.24) is 0 Å². The van der Waals surface area contributed by atoms with Crippen molar-refractivity contribution >= 4 is 17.9 Å². The molecule has 0 aromatic rings. The molecule has 2 atom stereocenters. The van der Waals surface area contributed by atoms with Crippen LogP contribution < -0.4 is 0 Å². The first kappa shape index (κ1) is 87.1. The van der Waals surface area contributed by atoms with E-state index in [9.17, 15) is 19.5 Å². The zero-order chi connectivity index (χ0) is 67.5. The summed E-state index contributed by atoms with van der Waals surface area (Å²) >= 11 is 0. The van der Waals surface area contributed by atoms with Crippen LogP contribution in [-0.2, 0) is 33.3 Å². The number of nitrogens with zero attached hydrogens (tertiary/aromatic N) is 1. The Morgan fingerprint density at radius 1 is 0.323 bits per heavy atom. The number of quaternary nitrogens is 1. The number of unbranched alkanes of at least 4 members (excludes halogenated alkanes) is 18. The third-order valence-corrected chi connectivity index (χ3v) is 14.8. The maximum atomic E-state index is 12.9. The third-order valence-electron chi connectivity index (χ3n) is 14.8. The molecule has 0 aliphatic heterocycles. The van der Waals surface area contributed by atoms with Crippen LogP contribution in [0.4, 0.5) is 0 Å². The first-order chi connectivity index (χ1) is 45.6. The lowest BCUT2D eigenvalue weighted by Crippen LogP contribution is -2.40. The van der Waals surface area contributed by atoms with Crippen LogP contribution in [0.5, 0.6) is 0 Å². The Hall–Kier alpha value is -5.87. The predicted octanol–water partition coefficient (Wildman–Crippen LogP) is 23.4. The van der Waals surface area contributed by atoms with Crippen molar-refractivity contribution in [2.24, 2.45) is 0 Å². The summed E-state index contributed by atoms with van der Waals surface area (Å²) in [4.78, 5) is 37.7. The number of rotatable bonds is 65. The molecule has 9 heteroatoms. The molecule has 0 aromatic carbocycles. The largest absolute Gasteiger partial charge is 0.477 e. The van der Waals surface area contributed by atoms with Gasteiger partial charge in [-0.05, 0) is 141 Å². The molecule has 9 nitrogen and oxygen atoms in total.